The lowest BCUT2D eigenvalue weighted by Crippen LogP contribution is -2.22. The van der Waals surface area contributed by atoms with E-state index in [0.29, 0.717) is 12.8 Å². The number of aliphatic carboxylic acids is 2. The third kappa shape index (κ3) is 11.2. The van der Waals surface area contributed by atoms with E-state index in [9.17, 15) is 19.7 Å². The number of nitro groups is 1. The van der Waals surface area contributed by atoms with E-state index in [2.05, 4.69) is 0 Å². The van der Waals surface area contributed by atoms with Crippen molar-refractivity contribution in [3.05, 3.63) is 10.1 Å². The lowest BCUT2D eigenvalue weighted by Gasteiger charge is -2.06. The number of carbonyl (C=O) groups is 2. The molecular weight excluding hydrogens is 254 g/mol. The van der Waals surface area contributed by atoms with Gasteiger partial charge in [-0.1, -0.05) is 25.7 Å². The average molecular weight is 275 g/mol. The summed E-state index contributed by atoms with van der Waals surface area (Å²) in [5.74, 6) is -1.93. The van der Waals surface area contributed by atoms with E-state index in [-0.39, 0.29) is 12.8 Å². The second kappa shape index (κ2) is 10.3. The van der Waals surface area contributed by atoms with Crippen LogP contribution in [0.3, 0.4) is 0 Å². The fourth-order valence-electron chi connectivity index (χ4n) is 1.85. The maximum atomic E-state index is 10.6. The Balaban J connectivity index is 3.52. The monoisotopic (exact) mass is 275 g/mol. The first-order chi connectivity index (χ1) is 8.93. The normalized spacial score (nSPS) is 12.0. The van der Waals surface area contributed by atoms with Crippen LogP contribution in [0, 0.1) is 10.1 Å². The van der Waals surface area contributed by atoms with E-state index in [1.165, 1.54) is 0 Å². The molecule has 110 valence electrons. The molecule has 2 N–H and O–H groups in total. The van der Waals surface area contributed by atoms with Crippen molar-refractivity contribution < 1.29 is 24.7 Å². The van der Waals surface area contributed by atoms with E-state index >= 15 is 0 Å². The van der Waals surface area contributed by atoms with Crippen LogP contribution in [0.4, 0.5) is 0 Å². The molecule has 7 nitrogen and oxygen atoms in total. The highest BCUT2D eigenvalue weighted by Gasteiger charge is 2.22. The minimum absolute atomic E-state index is 0.183. The van der Waals surface area contributed by atoms with Gasteiger partial charge in [0.1, 0.15) is 6.42 Å². The zero-order valence-corrected chi connectivity index (χ0v) is 10.9. The molecule has 0 spiro atoms. The molecule has 1 atom stereocenters. The smallest absolute Gasteiger partial charge is 0.310 e. The molecule has 0 aromatic carbocycles. The number of rotatable bonds is 12. The van der Waals surface area contributed by atoms with E-state index < -0.39 is 29.3 Å². The van der Waals surface area contributed by atoms with Crippen molar-refractivity contribution in [2.24, 2.45) is 0 Å². The Labute approximate surface area is 111 Å². The van der Waals surface area contributed by atoms with Crippen LogP contribution in [0.5, 0.6) is 0 Å². The summed E-state index contributed by atoms with van der Waals surface area (Å²) in [6, 6.07) is -0.996. The number of hydrogen-bond donors (Lipinski definition) is 2. The Kier molecular flexibility index (Phi) is 9.38. The number of hydrogen-bond acceptors (Lipinski definition) is 4. The molecule has 0 aliphatic rings. The summed E-state index contributed by atoms with van der Waals surface area (Å²) >= 11 is 0. The van der Waals surface area contributed by atoms with Gasteiger partial charge in [0, 0.05) is 17.8 Å². The molecule has 1 unspecified atom stereocenters. The van der Waals surface area contributed by atoms with Crippen LogP contribution in [-0.2, 0) is 9.59 Å². The van der Waals surface area contributed by atoms with Gasteiger partial charge in [-0.25, -0.2) is 0 Å². The molecule has 0 fully saturated rings. The first-order valence-corrected chi connectivity index (χ1v) is 6.50. The molecule has 0 aromatic heterocycles. The van der Waals surface area contributed by atoms with Crippen molar-refractivity contribution in [3.63, 3.8) is 0 Å². The highest BCUT2D eigenvalue weighted by atomic mass is 16.6. The summed E-state index contributed by atoms with van der Waals surface area (Å²) in [5, 5.41) is 27.5. The van der Waals surface area contributed by atoms with Crippen LogP contribution in [0.15, 0.2) is 0 Å². The van der Waals surface area contributed by atoms with Crippen LogP contribution in [0.1, 0.15) is 57.8 Å². The maximum Gasteiger partial charge on any atom is 0.310 e. The fourth-order valence-corrected chi connectivity index (χ4v) is 1.85. The number of carboxylic acids is 2. The van der Waals surface area contributed by atoms with Gasteiger partial charge in [0.05, 0.1) is 0 Å². The highest BCUT2D eigenvalue weighted by Crippen LogP contribution is 2.12. The van der Waals surface area contributed by atoms with Crippen LogP contribution in [0.2, 0.25) is 0 Å². The summed E-state index contributed by atoms with van der Waals surface area (Å²) < 4.78 is 0. The van der Waals surface area contributed by atoms with Gasteiger partial charge in [0.2, 0.25) is 6.04 Å². The van der Waals surface area contributed by atoms with Crippen molar-refractivity contribution in [1.82, 2.24) is 0 Å². The number of unbranched alkanes of at least 4 members (excludes halogenated alkanes) is 5. The zero-order valence-electron chi connectivity index (χ0n) is 10.9. The molecule has 0 amide bonds. The fraction of sp³-hybridized carbons (Fsp3) is 0.833. The predicted octanol–water partition coefficient (Wildman–Crippen LogP) is 2.31. The van der Waals surface area contributed by atoms with Crippen molar-refractivity contribution >= 4 is 11.9 Å². The summed E-state index contributed by atoms with van der Waals surface area (Å²) in [4.78, 5) is 30.7. The third-order valence-electron chi connectivity index (χ3n) is 2.89. The number of nitrogens with zero attached hydrogens (tertiary/aromatic N) is 1. The maximum absolute atomic E-state index is 10.6. The van der Waals surface area contributed by atoms with Gasteiger partial charge < -0.3 is 10.2 Å². The largest absolute Gasteiger partial charge is 0.481 e. The summed E-state index contributed by atoms with van der Waals surface area (Å²) in [6.45, 7) is 0. The molecule has 0 saturated carbocycles. The van der Waals surface area contributed by atoms with Crippen LogP contribution in [0.25, 0.3) is 0 Å². The molecule has 0 aliphatic heterocycles. The Bertz CT molecular complexity index is 305. The van der Waals surface area contributed by atoms with E-state index in [1.807, 2.05) is 0 Å². The molecule has 0 saturated heterocycles. The predicted molar refractivity (Wildman–Crippen MR) is 67.6 cm³/mol. The minimum atomic E-state index is -1.14. The van der Waals surface area contributed by atoms with Gasteiger partial charge in [-0.15, -0.1) is 0 Å². The summed E-state index contributed by atoms with van der Waals surface area (Å²) in [7, 11) is 0. The summed E-state index contributed by atoms with van der Waals surface area (Å²) in [5.41, 5.74) is 0. The van der Waals surface area contributed by atoms with Crippen molar-refractivity contribution in [2.45, 2.75) is 63.8 Å². The Morgan fingerprint density at radius 1 is 0.947 bits per heavy atom. The van der Waals surface area contributed by atoms with Gasteiger partial charge >= 0.3 is 11.9 Å². The minimum Gasteiger partial charge on any atom is -0.481 e. The zero-order chi connectivity index (χ0) is 14.7. The van der Waals surface area contributed by atoms with Gasteiger partial charge in [-0.05, 0) is 12.8 Å². The van der Waals surface area contributed by atoms with Gasteiger partial charge in [-0.3, -0.25) is 19.7 Å². The molecule has 0 heterocycles. The van der Waals surface area contributed by atoms with Crippen LogP contribution >= 0.6 is 0 Å². The lowest BCUT2D eigenvalue weighted by atomic mass is 10.0. The Morgan fingerprint density at radius 2 is 1.47 bits per heavy atom. The third-order valence-corrected chi connectivity index (χ3v) is 2.89. The number of carboxylic acid groups (broad SMARTS) is 2. The molecule has 0 bridgehead atoms. The first-order valence-electron chi connectivity index (χ1n) is 6.50. The second-order valence-electron chi connectivity index (χ2n) is 4.59. The quantitative estimate of drug-likeness (QED) is 0.320. The Hall–Kier alpha value is -1.66. The van der Waals surface area contributed by atoms with Crippen LogP contribution in [-0.4, -0.2) is 33.1 Å². The van der Waals surface area contributed by atoms with E-state index in [1.54, 1.807) is 0 Å². The van der Waals surface area contributed by atoms with Crippen LogP contribution < -0.4 is 0 Å². The topological polar surface area (TPSA) is 118 Å². The van der Waals surface area contributed by atoms with E-state index in [4.69, 9.17) is 10.2 Å². The molecule has 0 radical (unpaired) electrons. The molecule has 0 aliphatic carbocycles. The van der Waals surface area contributed by atoms with Crippen molar-refractivity contribution in [2.75, 3.05) is 0 Å². The summed E-state index contributed by atoms with van der Waals surface area (Å²) in [6.07, 6.45) is 4.81. The van der Waals surface area contributed by atoms with E-state index in [0.717, 1.165) is 25.7 Å². The molecular formula is C12H21NO6. The molecule has 7 heteroatoms. The molecule has 0 rings (SSSR count). The first kappa shape index (κ1) is 17.3. The second-order valence-corrected chi connectivity index (χ2v) is 4.59. The molecule has 0 aromatic rings. The molecule has 19 heavy (non-hydrogen) atoms. The SMILES string of the molecule is O=C(O)CCCCCCCCC(CC(=O)O)[N+](=O)[O-]. The van der Waals surface area contributed by atoms with Gasteiger partial charge in [0.25, 0.3) is 0 Å². The van der Waals surface area contributed by atoms with Crippen molar-refractivity contribution in [1.29, 1.82) is 0 Å². The van der Waals surface area contributed by atoms with Gasteiger partial charge in [0.15, 0.2) is 0 Å². The Morgan fingerprint density at radius 3 is 1.95 bits per heavy atom. The van der Waals surface area contributed by atoms with Crippen molar-refractivity contribution in [3.8, 4) is 0 Å². The highest BCUT2D eigenvalue weighted by molar-refractivity contribution is 5.67. The van der Waals surface area contributed by atoms with Gasteiger partial charge in [-0.2, -0.15) is 0 Å². The lowest BCUT2D eigenvalue weighted by molar-refractivity contribution is -0.522. The standard InChI is InChI=1S/C12H21NO6/c14-11(15)8-6-4-2-1-3-5-7-10(13(18)19)9-12(16)17/h10H,1-9H2,(H,14,15)(H,16,17). The average Bonchev–Trinajstić information content (AvgIpc) is 2.29.